The van der Waals surface area contributed by atoms with Crippen LogP contribution in [0.25, 0.3) is 0 Å². The zero-order valence-electron chi connectivity index (χ0n) is 12.8. The van der Waals surface area contributed by atoms with E-state index in [1.807, 2.05) is 19.1 Å². The zero-order valence-corrected chi connectivity index (χ0v) is 12.8. The highest BCUT2D eigenvalue weighted by Crippen LogP contribution is 2.38. The Kier molecular flexibility index (Phi) is 4.25. The molecule has 1 nitrogen and oxygen atoms in total. The first kappa shape index (κ1) is 15.2. The van der Waals surface area contributed by atoms with Gasteiger partial charge in [-0.1, -0.05) is 12.1 Å². The molecule has 1 aliphatic rings. The van der Waals surface area contributed by atoms with Gasteiger partial charge in [-0.25, -0.2) is 8.78 Å². The van der Waals surface area contributed by atoms with Crippen LogP contribution in [0.15, 0.2) is 36.4 Å². The molecule has 0 heterocycles. The van der Waals surface area contributed by atoms with Crippen LogP contribution < -0.4 is 5.73 Å². The third-order valence-electron chi connectivity index (χ3n) is 4.54. The number of aryl methyl sites for hydroxylation is 2. The fourth-order valence-corrected chi connectivity index (χ4v) is 3.44. The molecule has 1 atom stereocenters. The largest absolute Gasteiger partial charge is 0.328 e. The van der Waals surface area contributed by atoms with Gasteiger partial charge in [0.05, 0.1) is 0 Å². The van der Waals surface area contributed by atoms with E-state index in [1.54, 1.807) is 12.1 Å². The lowest BCUT2D eigenvalue weighted by molar-refractivity contribution is 0.579. The van der Waals surface area contributed by atoms with Crippen LogP contribution in [0.5, 0.6) is 0 Å². The second-order valence-electron chi connectivity index (χ2n) is 6.29. The summed E-state index contributed by atoms with van der Waals surface area (Å²) in [5, 5.41) is 0. The molecule has 1 unspecified atom stereocenters. The Labute approximate surface area is 130 Å². The minimum atomic E-state index is -0.207. The fourth-order valence-electron chi connectivity index (χ4n) is 3.44. The van der Waals surface area contributed by atoms with Gasteiger partial charge in [-0.2, -0.15) is 0 Å². The number of rotatable bonds is 3. The van der Waals surface area contributed by atoms with E-state index >= 15 is 0 Å². The Morgan fingerprint density at radius 1 is 1.00 bits per heavy atom. The Morgan fingerprint density at radius 2 is 1.50 bits per heavy atom. The summed E-state index contributed by atoms with van der Waals surface area (Å²) >= 11 is 0. The van der Waals surface area contributed by atoms with Crippen molar-refractivity contribution in [3.05, 3.63) is 70.3 Å². The fraction of sp³-hybridized carbons (Fsp3) is 0.368. The van der Waals surface area contributed by atoms with Crippen LogP contribution in [0.3, 0.4) is 0 Å². The van der Waals surface area contributed by atoms with Crippen molar-refractivity contribution in [2.75, 3.05) is 0 Å². The first-order chi connectivity index (χ1) is 10.5. The quantitative estimate of drug-likeness (QED) is 0.897. The lowest BCUT2D eigenvalue weighted by Gasteiger charge is -2.21. The molecule has 2 aromatic carbocycles. The van der Waals surface area contributed by atoms with Crippen molar-refractivity contribution in [2.45, 2.75) is 44.6 Å². The van der Waals surface area contributed by atoms with E-state index in [-0.39, 0.29) is 23.6 Å². The molecule has 1 aliphatic carbocycles. The maximum atomic E-state index is 13.6. The van der Waals surface area contributed by atoms with Gasteiger partial charge >= 0.3 is 0 Å². The highest BCUT2D eigenvalue weighted by molar-refractivity contribution is 5.45. The molecule has 116 valence electrons. The molecule has 0 saturated heterocycles. The topological polar surface area (TPSA) is 26.0 Å². The Bertz CT molecular complexity index is 626. The van der Waals surface area contributed by atoms with Crippen molar-refractivity contribution < 1.29 is 8.78 Å². The molecule has 0 spiro atoms. The summed E-state index contributed by atoms with van der Waals surface area (Å²) in [6.45, 7) is 1.99. The molecule has 0 aliphatic heterocycles. The first-order valence-corrected chi connectivity index (χ1v) is 7.87. The van der Waals surface area contributed by atoms with Crippen LogP contribution in [0, 0.1) is 11.6 Å². The Morgan fingerprint density at radius 3 is 1.95 bits per heavy atom. The van der Waals surface area contributed by atoms with Crippen LogP contribution in [0.1, 0.15) is 47.9 Å². The van der Waals surface area contributed by atoms with E-state index in [1.165, 1.54) is 12.1 Å². The van der Waals surface area contributed by atoms with Gasteiger partial charge in [-0.05, 0) is 79.1 Å². The average Bonchev–Trinajstić information content (AvgIpc) is 2.61. The number of halogens is 2. The van der Waals surface area contributed by atoms with Crippen molar-refractivity contribution in [2.24, 2.45) is 5.73 Å². The smallest absolute Gasteiger partial charge is 0.123 e. The third kappa shape index (κ3) is 3.05. The van der Waals surface area contributed by atoms with Crippen LogP contribution in [0.4, 0.5) is 8.78 Å². The van der Waals surface area contributed by atoms with Crippen LogP contribution in [0.2, 0.25) is 0 Å². The van der Waals surface area contributed by atoms with Crippen molar-refractivity contribution in [1.29, 1.82) is 0 Å². The van der Waals surface area contributed by atoms with Gasteiger partial charge < -0.3 is 5.73 Å². The molecule has 0 saturated carbocycles. The van der Waals surface area contributed by atoms with E-state index in [9.17, 15) is 8.78 Å². The molecular formula is C19H21F2N. The monoisotopic (exact) mass is 301 g/mol. The zero-order chi connectivity index (χ0) is 15.7. The van der Waals surface area contributed by atoms with E-state index < -0.39 is 0 Å². The second kappa shape index (κ2) is 6.17. The normalized spacial score (nSPS) is 15.8. The second-order valence-corrected chi connectivity index (χ2v) is 6.29. The molecule has 22 heavy (non-hydrogen) atoms. The average molecular weight is 301 g/mol. The van der Waals surface area contributed by atoms with Crippen LogP contribution in [-0.4, -0.2) is 6.04 Å². The molecule has 0 fully saturated rings. The maximum absolute atomic E-state index is 13.6. The van der Waals surface area contributed by atoms with Gasteiger partial charge in [0.1, 0.15) is 11.6 Å². The number of hydrogen-bond donors (Lipinski definition) is 1. The van der Waals surface area contributed by atoms with Crippen LogP contribution >= 0.6 is 0 Å². The van der Waals surface area contributed by atoms with Gasteiger partial charge in [0.2, 0.25) is 0 Å². The minimum Gasteiger partial charge on any atom is -0.328 e. The van der Waals surface area contributed by atoms with E-state index in [4.69, 9.17) is 5.73 Å². The highest BCUT2D eigenvalue weighted by atomic mass is 19.1. The molecule has 3 heteroatoms. The van der Waals surface area contributed by atoms with Gasteiger partial charge in [0.15, 0.2) is 0 Å². The van der Waals surface area contributed by atoms with Gasteiger partial charge in [-0.15, -0.1) is 0 Å². The molecule has 3 rings (SSSR count). The molecule has 0 bridgehead atoms. The summed E-state index contributed by atoms with van der Waals surface area (Å²) in [6, 6.07) is 10.2. The van der Waals surface area contributed by atoms with E-state index in [0.717, 1.165) is 47.9 Å². The molecule has 0 amide bonds. The van der Waals surface area contributed by atoms with Crippen molar-refractivity contribution in [3.8, 4) is 0 Å². The lowest BCUT2D eigenvalue weighted by atomic mass is 9.84. The summed E-state index contributed by atoms with van der Waals surface area (Å²) in [6.07, 6.45) is 3.28. The summed E-state index contributed by atoms with van der Waals surface area (Å²) in [4.78, 5) is 0. The lowest BCUT2D eigenvalue weighted by Crippen LogP contribution is -2.16. The van der Waals surface area contributed by atoms with Gasteiger partial charge in [0, 0.05) is 12.0 Å². The summed E-state index contributed by atoms with van der Waals surface area (Å²) in [5.41, 5.74) is 10.3. The minimum absolute atomic E-state index is 0.121. The van der Waals surface area contributed by atoms with Crippen LogP contribution in [-0.2, 0) is 12.8 Å². The molecule has 0 aromatic heterocycles. The standard InChI is InChI=1S/C19H21F2N/c1-12(22)2-7-19-17-8-5-15(20)10-13(17)3-4-14-11-16(21)6-9-18(14)19/h5-6,8-12,19H,2-4,7,22H2,1H3. The molecule has 2 N–H and O–H groups in total. The first-order valence-electron chi connectivity index (χ1n) is 7.87. The molecule has 2 aromatic rings. The number of hydrogen-bond acceptors (Lipinski definition) is 1. The van der Waals surface area contributed by atoms with E-state index in [0.29, 0.717) is 0 Å². The predicted octanol–water partition coefficient (Wildman–Crippen LogP) is 4.32. The summed E-state index contributed by atoms with van der Waals surface area (Å²) in [5.74, 6) is -0.247. The Balaban J connectivity index is 2.07. The summed E-state index contributed by atoms with van der Waals surface area (Å²) < 4.78 is 27.2. The van der Waals surface area contributed by atoms with Crippen molar-refractivity contribution >= 4 is 0 Å². The van der Waals surface area contributed by atoms with Crippen molar-refractivity contribution in [1.82, 2.24) is 0 Å². The third-order valence-corrected chi connectivity index (χ3v) is 4.54. The molecule has 0 radical (unpaired) electrons. The number of benzene rings is 2. The number of fused-ring (bicyclic) bond motifs is 2. The summed E-state index contributed by atoms with van der Waals surface area (Å²) in [7, 11) is 0. The highest BCUT2D eigenvalue weighted by Gasteiger charge is 2.24. The van der Waals surface area contributed by atoms with Gasteiger partial charge in [0.25, 0.3) is 0 Å². The van der Waals surface area contributed by atoms with Gasteiger partial charge in [-0.3, -0.25) is 0 Å². The SMILES string of the molecule is CC(N)CCC1c2ccc(F)cc2CCc2cc(F)ccc21. The Hall–Kier alpha value is -1.74. The number of nitrogens with two attached hydrogens (primary N) is 1. The molecular weight excluding hydrogens is 280 g/mol. The van der Waals surface area contributed by atoms with E-state index in [2.05, 4.69) is 0 Å². The predicted molar refractivity (Wildman–Crippen MR) is 84.9 cm³/mol. The maximum Gasteiger partial charge on any atom is 0.123 e. The van der Waals surface area contributed by atoms with Crippen molar-refractivity contribution in [3.63, 3.8) is 0 Å².